The van der Waals surface area contributed by atoms with Gasteiger partial charge >= 0.3 is 0 Å². The number of nitro benzene ring substituents is 1. The van der Waals surface area contributed by atoms with Crippen LogP contribution < -0.4 is 5.73 Å². The second-order valence-electron chi connectivity index (χ2n) is 4.01. The third-order valence-corrected chi connectivity index (χ3v) is 4.38. The van der Waals surface area contributed by atoms with Crippen LogP contribution in [-0.2, 0) is 5.75 Å². The van der Waals surface area contributed by atoms with Crippen LogP contribution in [0.2, 0.25) is 10.0 Å². The van der Waals surface area contributed by atoms with E-state index in [0.29, 0.717) is 15.8 Å². The van der Waals surface area contributed by atoms with Crippen LogP contribution in [0.4, 0.5) is 11.4 Å². The molecule has 0 heterocycles. The molecule has 0 radical (unpaired) electrons. The highest BCUT2D eigenvalue weighted by molar-refractivity contribution is 7.98. The molecule has 0 aliphatic carbocycles. The minimum atomic E-state index is -0.500. The standard InChI is InChI=1S/C13H10Cl2N2O2S/c14-9-2-3-10(15)13(6-9)20-7-8-1-4-12(17(18)19)11(16)5-8/h1-6H,7,16H2. The van der Waals surface area contributed by atoms with Crippen molar-refractivity contribution < 1.29 is 4.92 Å². The molecule has 0 atom stereocenters. The summed E-state index contributed by atoms with van der Waals surface area (Å²) in [6.07, 6.45) is 0. The van der Waals surface area contributed by atoms with Crippen molar-refractivity contribution in [3.63, 3.8) is 0 Å². The number of benzene rings is 2. The molecule has 0 aromatic heterocycles. The molecule has 7 heteroatoms. The Labute approximate surface area is 130 Å². The Morgan fingerprint density at radius 3 is 2.60 bits per heavy atom. The summed E-state index contributed by atoms with van der Waals surface area (Å²) in [4.78, 5) is 11.0. The van der Waals surface area contributed by atoms with Crippen LogP contribution in [0.15, 0.2) is 41.3 Å². The zero-order valence-electron chi connectivity index (χ0n) is 10.2. The summed E-state index contributed by atoms with van der Waals surface area (Å²) in [5, 5.41) is 11.9. The lowest BCUT2D eigenvalue weighted by molar-refractivity contribution is -0.383. The number of hydrogen-bond acceptors (Lipinski definition) is 4. The Hall–Kier alpha value is -1.43. The van der Waals surface area contributed by atoms with E-state index in [4.69, 9.17) is 28.9 Å². The number of halogens is 2. The highest BCUT2D eigenvalue weighted by Gasteiger charge is 2.11. The van der Waals surface area contributed by atoms with Crippen LogP contribution in [0.3, 0.4) is 0 Å². The number of nitrogens with two attached hydrogens (primary N) is 1. The van der Waals surface area contributed by atoms with Gasteiger partial charge in [0.1, 0.15) is 5.69 Å². The zero-order chi connectivity index (χ0) is 14.7. The number of hydrogen-bond donors (Lipinski definition) is 1. The lowest BCUT2D eigenvalue weighted by atomic mass is 10.2. The van der Waals surface area contributed by atoms with E-state index in [-0.39, 0.29) is 11.4 Å². The number of thioether (sulfide) groups is 1. The topological polar surface area (TPSA) is 69.2 Å². The van der Waals surface area contributed by atoms with Gasteiger partial charge in [0.15, 0.2) is 0 Å². The van der Waals surface area contributed by atoms with Gasteiger partial charge in [-0.25, -0.2) is 0 Å². The molecule has 0 fully saturated rings. The predicted octanol–water partition coefficient (Wildman–Crippen LogP) is 4.78. The summed E-state index contributed by atoms with van der Waals surface area (Å²) in [6, 6.07) is 9.92. The second-order valence-corrected chi connectivity index (χ2v) is 5.87. The average molecular weight is 329 g/mol. The Bertz CT molecular complexity index is 665. The lowest BCUT2D eigenvalue weighted by Crippen LogP contribution is -1.96. The maximum Gasteiger partial charge on any atom is 0.292 e. The molecule has 4 nitrogen and oxygen atoms in total. The van der Waals surface area contributed by atoms with Crippen LogP contribution in [0, 0.1) is 10.1 Å². The molecule has 0 amide bonds. The summed E-state index contributed by atoms with van der Waals surface area (Å²) >= 11 is 13.5. The average Bonchev–Trinajstić information content (AvgIpc) is 2.39. The molecular formula is C13H10Cl2N2O2S. The summed E-state index contributed by atoms with van der Waals surface area (Å²) < 4.78 is 0. The van der Waals surface area contributed by atoms with Crippen molar-refractivity contribution in [2.24, 2.45) is 0 Å². The van der Waals surface area contributed by atoms with E-state index in [0.717, 1.165) is 10.5 Å². The molecule has 0 unspecified atom stereocenters. The first kappa shape index (κ1) is 15.0. The normalized spacial score (nSPS) is 10.5. The first-order chi connectivity index (χ1) is 9.47. The van der Waals surface area contributed by atoms with Gasteiger partial charge in [-0.3, -0.25) is 10.1 Å². The lowest BCUT2D eigenvalue weighted by Gasteiger charge is -2.06. The molecule has 2 N–H and O–H groups in total. The zero-order valence-corrected chi connectivity index (χ0v) is 12.5. The van der Waals surface area contributed by atoms with Crippen LogP contribution in [0.25, 0.3) is 0 Å². The molecular weight excluding hydrogens is 319 g/mol. The Kier molecular flexibility index (Phi) is 4.75. The van der Waals surface area contributed by atoms with E-state index < -0.39 is 4.92 Å². The molecule has 104 valence electrons. The number of anilines is 1. The van der Waals surface area contributed by atoms with Gasteiger partial charge in [0.25, 0.3) is 5.69 Å². The number of nitro groups is 1. The third kappa shape index (κ3) is 3.56. The van der Waals surface area contributed by atoms with Crippen molar-refractivity contribution in [1.82, 2.24) is 0 Å². The molecule has 0 bridgehead atoms. The summed E-state index contributed by atoms with van der Waals surface area (Å²) in [5.41, 5.74) is 6.60. The van der Waals surface area contributed by atoms with Crippen molar-refractivity contribution >= 4 is 46.3 Å². The molecule has 2 rings (SSSR count). The number of nitrogen functional groups attached to an aromatic ring is 1. The summed E-state index contributed by atoms with van der Waals surface area (Å²) in [5.74, 6) is 0.599. The van der Waals surface area contributed by atoms with Crippen LogP contribution in [0.1, 0.15) is 5.56 Å². The summed E-state index contributed by atoms with van der Waals surface area (Å²) in [6.45, 7) is 0. The summed E-state index contributed by atoms with van der Waals surface area (Å²) in [7, 11) is 0. The second kappa shape index (κ2) is 6.35. The maximum absolute atomic E-state index is 10.7. The van der Waals surface area contributed by atoms with E-state index in [2.05, 4.69) is 0 Å². The fourth-order valence-electron chi connectivity index (χ4n) is 1.61. The van der Waals surface area contributed by atoms with Gasteiger partial charge in [0, 0.05) is 21.7 Å². The molecule has 0 saturated heterocycles. The van der Waals surface area contributed by atoms with E-state index in [1.54, 1.807) is 30.3 Å². The smallest absolute Gasteiger partial charge is 0.292 e. The quantitative estimate of drug-likeness (QED) is 0.379. The van der Waals surface area contributed by atoms with Gasteiger partial charge in [-0.05, 0) is 29.8 Å². The molecule has 0 aliphatic rings. The molecule has 0 spiro atoms. The molecule has 0 aliphatic heterocycles. The van der Waals surface area contributed by atoms with Crippen LogP contribution in [-0.4, -0.2) is 4.92 Å². The van der Waals surface area contributed by atoms with Gasteiger partial charge in [-0.2, -0.15) is 0 Å². The van der Waals surface area contributed by atoms with Gasteiger partial charge in [-0.1, -0.05) is 29.3 Å². The fraction of sp³-hybridized carbons (Fsp3) is 0.0769. The van der Waals surface area contributed by atoms with Crippen molar-refractivity contribution in [3.8, 4) is 0 Å². The highest BCUT2D eigenvalue weighted by Crippen LogP contribution is 2.33. The van der Waals surface area contributed by atoms with Crippen molar-refractivity contribution in [2.75, 3.05) is 5.73 Å². The van der Waals surface area contributed by atoms with Crippen molar-refractivity contribution in [1.29, 1.82) is 0 Å². The molecule has 2 aromatic rings. The predicted molar refractivity (Wildman–Crippen MR) is 83.5 cm³/mol. The minimum Gasteiger partial charge on any atom is -0.393 e. The number of nitrogens with zero attached hydrogens (tertiary/aromatic N) is 1. The van der Waals surface area contributed by atoms with Gasteiger partial charge in [0.2, 0.25) is 0 Å². The number of rotatable bonds is 4. The highest BCUT2D eigenvalue weighted by atomic mass is 35.5. The van der Waals surface area contributed by atoms with Gasteiger partial charge in [0.05, 0.1) is 9.95 Å². The minimum absolute atomic E-state index is 0.0838. The van der Waals surface area contributed by atoms with E-state index in [1.165, 1.54) is 17.8 Å². The first-order valence-corrected chi connectivity index (χ1v) is 7.32. The molecule has 0 saturated carbocycles. The van der Waals surface area contributed by atoms with Gasteiger partial charge < -0.3 is 5.73 Å². The Morgan fingerprint density at radius 2 is 1.95 bits per heavy atom. The fourth-order valence-corrected chi connectivity index (χ4v) is 3.04. The van der Waals surface area contributed by atoms with E-state index in [9.17, 15) is 10.1 Å². The Morgan fingerprint density at radius 1 is 1.20 bits per heavy atom. The first-order valence-electron chi connectivity index (χ1n) is 5.58. The third-order valence-electron chi connectivity index (χ3n) is 2.58. The monoisotopic (exact) mass is 328 g/mol. The van der Waals surface area contributed by atoms with Crippen LogP contribution in [0.5, 0.6) is 0 Å². The maximum atomic E-state index is 10.7. The van der Waals surface area contributed by atoms with Crippen molar-refractivity contribution in [2.45, 2.75) is 10.6 Å². The molecule has 20 heavy (non-hydrogen) atoms. The van der Waals surface area contributed by atoms with Crippen molar-refractivity contribution in [3.05, 3.63) is 62.1 Å². The largest absolute Gasteiger partial charge is 0.393 e. The Balaban J connectivity index is 2.13. The van der Waals surface area contributed by atoms with E-state index >= 15 is 0 Å². The van der Waals surface area contributed by atoms with Crippen LogP contribution >= 0.6 is 35.0 Å². The SMILES string of the molecule is Nc1cc(CSc2cc(Cl)ccc2Cl)ccc1[N+](=O)[O-]. The van der Waals surface area contributed by atoms with Gasteiger partial charge in [-0.15, -0.1) is 11.8 Å². The van der Waals surface area contributed by atoms with E-state index in [1.807, 2.05) is 0 Å². The molecule has 2 aromatic carbocycles.